The van der Waals surface area contributed by atoms with Crippen LogP contribution >= 0.6 is 45.5 Å². The average Bonchev–Trinajstić information content (AvgIpc) is 1.76. The summed E-state index contributed by atoms with van der Waals surface area (Å²) in [5.41, 5.74) is 0. The van der Waals surface area contributed by atoms with Gasteiger partial charge in [-0.1, -0.05) is 34.8 Å². The topological polar surface area (TPSA) is 34.1 Å². The van der Waals surface area contributed by atoms with Crippen LogP contribution in [0.4, 0.5) is 0 Å². The van der Waals surface area contributed by atoms with Gasteiger partial charge in [0.1, 0.15) is 0 Å². The Balaban J connectivity index is 3.48. The van der Waals surface area contributed by atoms with E-state index >= 15 is 0 Å². The molecular formula is C5H8Cl4O2S. The summed E-state index contributed by atoms with van der Waals surface area (Å²) in [7, 11) is 1.56. The van der Waals surface area contributed by atoms with Gasteiger partial charge in [-0.3, -0.25) is 0 Å². The van der Waals surface area contributed by atoms with Crippen LogP contribution in [-0.2, 0) is 9.05 Å². The van der Waals surface area contributed by atoms with Crippen molar-refractivity contribution in [1.29, 1.82) is 0 Å². The number of alkyl halides is 3. The molecule has 74 valence electrons. The van der Waals surface area contributed by atoms with Gasteiger partial charge in [-0.25, -0.2) is 8.42 Å². The summed E-state index contributed by atoms with van der Waals surface area (Å²) in [4.78, 5) is 0. The number of hydrogen-bond donors (Lipinski definition) is 0. The standard InChI is InChI=1S/C5H8Cl4O2S/c6-5(7,8)3-1-2-4-12(9,10)11/h1-4H2. The molecule has 0 aliphatic carbocycles. The van der Waals surface area contributed by atoms with Gasteiger partial charge in [0.15, 0.2) is 3.79 Å². The quantitative estimate of drug-likeness (QED) is 0.448. The van der Waals surface area contributed by atoms with Crippen molar-refractivity contribution in [2.75, 3.05) is 5.75 Å². The summed E-state index contributed by atoms with van der Waals surface area (Å²) < 4.78 is 19.5. The first-order valence-electron chi connectivity index (χ1n) is 3.20. The lowest BCUT2D eigenvalue weighted by Crippen LogP contribution is -2.03. The van der Waals surface area contributed by atoms with Gasteiger partial charge in [0, 0.05) is 10.7 Å². The summed E-state index contributed by atoms with van der Waals surface area (Å²) in [5, 5.41) is 0. The van der Waals surface area contributed by atoms with Crippen LogP contribution in [0.1, 0.15) is 19.3 Å². The minimum atomic E-state index is -3.40. The Morgan fingerprint density at radius 3 is 1.92 bits per heavy atom. The first-order chi connectivity index (χ1) is 5.21. The van der Waals surface area contributed by atoms with Gasteiger partial charge in [-0.15, -0.1) is 0 Å². The molecule has 0 rings (SSSR count). The molecular weight excluding hydrogens is 266 g/mol. The molecule has 0 heterocycles. The zero-order valence-corrected chi connectivity index (χ0v) is 9.91. The molecule has 0 aliphatic heterocycles. The Hall–Kier alpha value is 1.11. The van der Waals surface area contributed by atoms with Crippen LogP contribution in [0.15, 0.2) is 0 Å². The van der Waals surface area contributed by atoms with E-state index in [1.165, 1.54) is 0 Å². The van der Waals surface area contributed by atoms with Gasteiger partial charge in [0.05, 0.1) is 5.75 Å². The third-order valence-corrected chi connectivity index (χ3v) is 2.90. The van der Waals surface area contributed by atoms with Crippen molar-refractivity contribution in [2.24, 2.45) is 0 Å². The molecule has 0 amide bonds. The molecule has 0 unspecified atom stereocenters. The maximum atomic E-state index is 10.4. The third-order valence-electron chi connectivity index (χ3n) is 1.10. The van der Waals surface area contributed by atoms with Crippen molar-refractivity contribution >= 4 is 54.5 Å². The van der Waals surface area contributed by atoms with E-state index in [0.717, 1.165) is 0 Å². The van der Waals surface area contributed by atoms with E-state index in [-0.39, 0.29) is 5.75 Å². The second kappa shape index (κ2) is 5.11. The van der Waals surface area contributed by atoms with Crippen LogP contribution in [-0.4, -0.2) is 18.0 Å². The van der Waals surface area contributed by atoms with Crippen molar-refractivity contribution in [1.82, 2.24) is 0 Å². The smallest absolute Gasteiger partial charge is 0.212 e. The molecule has 7 heteroatoms. The van der Waals surface area contributed by atoms with Crippen LogP contribution in [0.5, 0.6) is 0 Å². The zero-order valence-electron chi connectivity index (χ0n) is 6.07. The van der Waals surface area contributed by atoms with Crippen LogP contribution in [0, 0.1) is 0 Å². The van der Waals surface area contributed by atoms with Crippen LogP contribution in [0.2, 0.25) is 0 Å². The SMILES string of the molecule is O=S(=O)(Cl)CCCCC(Cl)(Cl)Cl. The lowest BCUT2D eigenvalue weighted by Gasteiger charge is -2.08. The minimum Gasteiger partial charge on any atom is -0.212 e. The fourth-order valence-electron chi connectivity index (χ4n) is 0.600. The van der Waals surface area contributed by atoms with Crippen molar-refractivity contribution in [2.45, 2.75) is 23.1 Å². The van der Waals surface area contributed by atoms with Gasteiger partial charge in [0.2, 0.25) is 9.05 Å². The molecule has 0 aromatic carbocycles. The Labute approximate surface area is 91.5 Å². The van der Waals surface area contributed by atoms with E-state index in [1.54, 1.807) is 0 Å². The van der Waals surface area contributed by atoms with E-state index < -0.39 is 12.8 Å². The van der Waals surface area contributed by atoms with E-state index in [0.29, 0.717) is 19.3 Å². The maximum Gasteiger partial charge on any atom is 0.232 e. The molecule has 12 heavy (non-hydrogen) atoms. The molecule has 0 N–H and O–H groups in total. The normalized spacial score (nSPS) is 13.3. The van der Waals surface area contributed by atoms with Crippen LogP contribution < -0.4 is 0 Å². The second-order valence-corrected chi connectivity index (χ2v) is 7.73. The van der Waals surface area contributed by atoms with E-state index in [1.807, 2.05) is 0 Å². The van der Waals surface area contributed by atoms with Crippen LogP contribution in [0.3, 0.4) is 0 Å². The molecule has 0 aromatic rings. The molecule has 0 aromatic heterocycles. The lowest BCUT2D eigenvalue weighted by atomic mass is 10.3. The summed E-state index contributed by atoms with van der Waals surface area (Å²) in [6, 6.07) is 0. The largest absolute Gasteiger partial charge is 0.232 e. The van der Waals surface area contributed by atoms with Gasteiger partial charge in [0.25, 0.3) is 0 Å². The number of halogens is 4. The molecule has 0 saturated heterocycles. The van der Waals surface area contributed by atoms with Gasteiger partial charge in [-0.2, -0.15) is 0 Å². The molecule has 0 bridgehead atoms. The minimum absolute atomic E-state index is 0.0741. The summed E-state index contributed by atoms with van der Waals surface area (Å²) in [6.45, 7) is 0. The summed E-state index contributed by atoms with van der Waals surface area (Å²) in [5.74, 6) is -0.0741. The predicted molar refractivity (Wildman–Crippen MR) is 53.8 cm³/mol. The Kier molecular flexibility index (Phi) is 5.58. The highest BCUT2D eigenvalue weighted by molar-refractivity contribution is 8.13. The molecule has 0 atom stereocenters. The molecule has 0 spiro atoms. The van der Waals surface area contributed by atoms with Crippen molar-refractivity contribution in [3.8, 4) is 0 Å². The van der Waals surface area contributed by atoms with E-state index in [4.69, 9.17) is 45.5 Å². The average molecular weight is 274 g/mol. The van der Waals surface area contributed by atoms with E-state index in [2.05, 4.69) is 0 Å². The lowest BCUT2D eigenvalue weighted by molar-refractivity contribution is 0.603. The predicted octanol–water partition coefficient (Wildman–Crippen LogP) is 3.10. The molecule has 0 fully saturated rings. The van der Waals surface area contributed by atoms with E-state index in [9.17, 15) is 8.42 Å². The fourth-order valence-corrected chi connectivity index (χ4v) is 1.88. The first kappa shape index (κ1) is 13.1. The van der Waals surface area contributed by atoms with Gasteiger partial charge in [-0.05, 0) is 19.3 Å². The first-order valence-corrected chi connectivity index (χ1v) is 6.81. The van der Waals surface area contributed by atoms with Crippen LogP contribution in [0.25, 0.3) is 0 Å². The second-order valence-electron chi connectivity index (χ2n) is 2.32. The fraction of sp³-hybridized carbons (Fsp3) is 1.00. The highest BCUT2D eigenvalue weighted by Crippen LogP contribution is 2.31. The van der Waals surface area contributed by atoms with Crippen molar-refractivity contribution < 1.29 is 8.42 Å². The Bertz CT molecular complexity index is 218. The summed E-state index contributed by atoms with van der Waals surface area (Å²) in [6.07, 6.45) is 1.28. The third kappa shape index (κ3) is 11.1. The van der Waals surface area contributed by atoms with Crippen molar-refractivity contribution in [3.63, 3.8) is 0 Å². The number of unbranched alkanes of at least 4 members (excludes halogenated alkanes) is 1. The Morgan fingerprint density at radius 1 is 1.08 bits per heavy atom. The van der Waals surface area contributed by atoms with Gasteiger partial charge < -0.3 is 0 Å². The maximum absolute atomic E-state index is 10.4. The Morgan fingerprint density at radius 2 is 1.58 bits per heavy atom. The number of rotatable bonds is 4. The summed E-state index contributed by atoms with van der Waals surface area (Å²) >= 11 is 16.3. The van der Waals surface area contributed by atoms with Crippen molar-refractivity contribution in [3.05, 3.63) is 0 Å². The number of hydrogen-bond acceptors (Lipinski definition) is 2. The molecule has 0 aliphatic rings. The highest BCUT2D eigenvalue weighted by Gasteiger charge is 2.18. The highest BCUT2D eigenvalue weighted by atomic mass is 35.7. The van der Waals surface area contributed by atoms with Gasteiger partial charge >= 0.3 is 0 Å². The zero-order chi connectivity index (χ0) is 9.83. The molecule has 0 radical (unpaired) electrons. The molecule has 0 saturated carbocycles. The molecule has 2 nitrogen and oxygen atoms in total. The monoisotopic (exact) mass is 272 g/mol.